The smallest absolute Gasteiger partial charge is 0.0654 e. The summed E-state index contributed by atoms with van der Waals surface area (Å²) in [5.74, 6) is 1.50. The molecule has 0 aromatic rings. The van der Waals surface area contributed by atoms with Crippen molar-refractivity contribution >= 4 is 18.9 Å². The molecular weight excluding hydrogens is 567 g/mol. The number of hydrogen-bond acceptors (Lipinski definition) is 4. The van der Waals surface area contributed by atoms with Gasteiger partial charge in [0.15, 0.2) is 0 Å². The minimum absolute atomic E-state index is 0. The first-order valence-corrected chi connectivity index (χ1v) is 18.9. The molecule has 0 aliphatic heterocycles. The molecule has 0 saturated carbocycles. The van der Waals surface area contributed by atoms with Gasteiger partial charge in [-0.1, -0.05) is 78.1 Å². The van der Waals surface area contributed by atoms with Crippen LogP contribution in [-0.4, -0.2) is 58.9 Å². The fourth-order valence-corrected chi connectivity index (χ4v) is 7.33. The molecule has 0 aromatic carbocycles. The molecule has 4 unspecified atom stereocenters. The summed E-state index contributed by atoms with van der Waals surface area (Å²) in [5, 5.41) is 0. The third kappa shape index (κ3) is 35.4. The van der Waals surface area contributed by atoms with Crippen molar-refractivity contribution < 1.29 is 33.9 Å². The first kappa shape index (κ1) is 45.1. The van der Waals surface area contributed by atoms with Gasteiger partial charge in [-0.3, -0.25) is 0 Å². The molecule has 0 saturated heterocycles. The molecule has 42 heavy (non-hydrogen) atoms. The Bertz CT molecular complexity index is 457. The van der Waals surface area contributed by atoms with Crippen molar-refractivity contribution in [2.24, 2.45) is 11.8 Å². The van der Waals surface area contributed by atoms with Crippen LogP contribution in [0.25, 0.3) is 0 Å². The minimum Gasteiger partial charge on any atom is -0.0654 e. The summed E-state index contributed by atoms with van der Waals surface area (Å²) in [4.78, 5) is 1.41. The second-order valence-corrected chi connectivity index (χ2v) is 14.8. The zero-order valence-electron chi connectivity index (χ0n) is 29.6. The molecule has 4 nitrogen and oxygen atoms in total. The van der Waals surface area contributed by atoms with Gasteiger partial charge in [-0.15, -0.1) is 0 Å². The van der Waals surface area contributed by atoms with Crippen molar-refractivity contribution in [1.82, 2.24) is 0 Å². The average molecular weight is 641 g/mol. The Kier molecular flexibility index (Phi) is 39.1. The van der Waals surface area contributed by atoms with Gasteiger partial charge in [-0.25, -0.2) is 0 Å². The summed E-state index contributed by atoms with van der Waals surface area (Å²) in [7, 11) is 0. The first-order valence-electron chi connectivity index (χ1n) is 17.8. The van der Waals surface area contributed by atoms with E-state index in [9.17, 15) is 0 Å². The van der Waals surface area contributed by atoms with Crippen LogP contribution in [0.4, 0.5) is 0 Å². The molecule has 1 radical (unpaired) electrons. The van der Waals surface area contributed by atoms with Crippen molar-refractivity contribution in [3.8, 4) is 0 Å². The predicted octanol–water partition coefficient (Wildman–Crippen LogP) is 11.4. The molecule has 0 N–H and O–H groups in total. The fraction of sp³-hybridized carbons (Fsp3) is 1.00. The molecule has 0 aliphatic rings. The summed E-state index contributed by atoms with van der Waals surface area (Å²) in [6, 6.07) is 0. The second-order valence-electron chi connectivity index (χ2n) is 12.6. The monoisotopic (exact) mass is 641 g/mol. The van der Waals surface area contributed by atoms with E-state index in [0.29, 0.717) is 23.2 Å². The minimum atomic E-state index is 0. The first-order chi connectivity index (χ1) is 20.0. The van der Waals surface area contributed by atoms with Crippen LogP contribution in [-0.2, 0) is 33.9 Å². The molecule has 254 valence electrons. The maximum absolute atomic E-state index is 5.70. The second kappa shape index (κ2) is 36.4. The van der Waals surface area contributed by atoms with Crippen molar-refractivity contribution in [3.63, 3.8) is 0 Å². The molecule has 4 atom stereocenters. The van der Waals surface area contributed by atoms with E-state index in [1.165, 1.54) is 116 Å². The SMILES string of the molecule is CCCCCCCCCOCOCCCC(C)C[CH](C)[Cu][CH](C)CC(C)CCCOCOCCCCCCCCC.[Li]. The van der Waals surface area contributed by atoms with E-state index in [1.54, 1.807) is 0 Å². The Labute approximate surface area is 283 Å². The summed E-state index contributed by atoms with van der Waals surface area (Å²) in [6.07, 6.45) is 25.9. The van der Waals surface area contributed by atoms with Gasteiger partial charge in [0.25, 0.3) is 0 Å². The molecule has 0 aromatic heterocycles. The van der Waals surface area contributed by atoms with E-state index in [2.05, 4.69) is 56.5 Å². The van der Waals surface area contributed by atoms with Crippen molar-refractivity contribution in [2.75, 3.05) is 40.0 Å². The summed E-state index contributed by atoms with van der Waals surface area (Å²) in [5.41, 5.74) is 0. The molecule has 0 spiro atoms. The molecule has 0 heterocycles. The molecule has 0 bridgehead atoms. The topological polar surface area (TPSA) is 36.9 Å². The summed E-state index contributed by atoms with van der Waals surface area (Å²) >= 11 is 2.28. The third-order valence-electron chi connectivity index (χ3n) is 7.85. The predicted molar refractivity (Wildman–Crippen MR) is 180 cm³/mol. The Morgan fingerprint density at radius 1 is 0.429 bits per heavy atom. The zero-order valence-corrected chi connectivity index (χ0v) is 30.6. The van der Waals surface area contributed by atoms with E-state index in [-0.39, 0.29) is 18.9 Å². The van der Waals surface area contributed by atoms with Gasteiger partial charge in [0.1, 0.15) is 0 Å². The Morgan fingerprint density at radius 2 is 0.738 bits per heavy atom. The number of ether oxygens (including phenoxy) is 4. The number of rotatable bonds is 34. The van der Waals surface area contributed by atoms with Gasteiger partial charge < -0.3 is 0 Å². The fourth-order valence-electron chi connectivity index (χ4n) is 5.40. The zero-order chi connectivity index (χ0) is 30.2. The summed E-state index contributed by atoms with van der Waals surface area (Å²) < 4.78 is 22.7. The van der Waals surface area contributed by atoms with Crippen LogP contribution >= 0.6 is 0 Å². The van der Waals surface area contributed by atoms with E-state index < -0.39 is 0 Å². The molecule has 0 amide bonds. The quantitative estimate of drug-likeness (QED) is 0.0398. The summed E-state index contributed by atoms with van der Waals surface area (Å²) in [6.45, 7) is 18.4. The van der Waals surface area contributed by atoms with Gasteiger partial charge in [-0.05, 0) is 0 Å². The van der Waals surface area contributed by atoms with E-state index in [0.717, 1.165) is 51.1 Å². The van der Waals surface area contributed by atoms with Gasteiger partial charge in [0.05, 0.1) is 0 Å². The standard InChI is InChI=1S/2C18H37O2.Cu.Li/c2*1-4-6-7-8-9-10-11-15-19-17-20-16-12-14-18(3)13-5-2;;/h2*5,18H,4,6-17H2,1-3H3;;. The van der Waals surface area contributed by atoms with Crippen LogP contribution in [0.5, 0.6) is 0 Å². The van der Waals surface area contributed by atoms with Crippen molar-refractivity contribution in [2.45, 2.75) is 180 Å². The van der Waals surface area contributed by atoms with Gasteiger partial charge in [0, 0.05) is 18.9 Å². The molecule has 0 fully saturated rings. The molecule has 0 rings (SSSR count). The van der Waals surface area contributed by atoms with Crippen molar-refractivity contribution in [1.29, 1.82) is 0 Å². The van der Waals surface area contributed by atoms with E-state index >= 15 is 0 Å². The van der Waals surface area contributed by atoms with E-state index in [4.69, 9.17) is 18.9 Å². The normalized spacial score (nSPS) is 14.5. The Morgan fingerprint density at radius 3 is 1.10 bits per heavy atom. The number of hydrogen-bond donors (Lipinski definition) is 0. The van der Waals surface area contributed by atoms with E-state index in [1.807, 2.05) is 0 Å². The maximum atomic E-state index is 5.70. The van der Waals surface area contributed by atoms with Crippen LogP contribution in [0.1, 0.15) is 170 Å². The van der Waals surface area contributed by atoms with Gasteiger partial charge in [-0.2, -0.15) is 0 Å². The average Bonchev–Trinajstić information content (AvgIpc) is 2.93. The van der Waals surface area contributed by atoms with Crippen molar-refractivity contribution in [3.05, 3.63) is 0 Å². The molecule has 0 aliphatic carbocycles. The van der Waals surface area contributed by atoms with Crippen LogP contribution < -0.4 is 0 Å². The Hall–Kier alpha value is 0.957. The van der Waals surface area contributed by atoms with Crippen LogP contribution in [0, 0.1) is 11.8 Å². The van der Waals surface area contributed by atoms with Crippen LogP contribution in [0.15, 0.2) is 0 Å². The Balaban J connectivity index is 0. The van der Waals surface area contributed by atoms with Gasteiger partial charge in [0.2, 0.25) is 0 Å². The third-order valence-corrected chi connectivity index (χ3v) is 9.37. The van der Waals surface area contributed by atoms with Crippen LogP contribution in [0.2, 0.25) is 9.63 Å². The van der Waals surface area contributed by atoms with Gasteiger partial charge >= 0.3 is 187 Å². The molecule has 6 heteroatoms. The number of unbranched alkanes of at least 4 members (excludes halogenated alkanes) is 12. The molecular formula is C36H74CuLiO4. The van der Waals surface area contributed by atoms with Crippen LogP contribution in [0.3, 0.4) is 0 Å².